The molecule has 0 heterocycles. The van der Waals surface area contributed by atoms with Crippen molar-refractivity contribution in [3.63, 3.8) is 0 Å². The minimum Gasteiger partial charge on any atom is -0.496 e. The Kier molecular flexibility index (Phi) is 4.74. The van der Waals surface area contributed by atoms with Crippen LogP contribution in [0.15, 0.2) is 42.5 Å². The van der Waals surface area contributed by atoms with Crippen LogP contribution in [0.1, 0.15) is 5.56 Å². The standard InChI is InChI=1S/C16H19ClN2O/c1-19(2)13-9-7-12(8-10-13)18-11-14-15(17)5-4-6-16(14)20-3/h4-10,18H,11H2,1-3H3. The summed E-state index contributed by atoms with van der Waals surface area (Å²) in [6.07, 6.45) is 0. The molecule has 0 radical (unpaired) electrons. The highest BCUT2D eigenvalue weighted by Gasteiger charge is 2.07. The predicted octanol–water partition coefficient (Wildman–Crippen LogP) is 4.03. The molecule has 3 nitrogen and oxygen atoms in total. The van der Waals surface area contributed by atoms with Crippen molar-refractivity contribution in [3.8, 4) is 5.75 Å². The lowest BCUT2D eigenvalue weighted by Gasteiger charge is -2.14. The zero-order valence-corrected chi connectivity index (χ0v) is 12.7. The molecule has 1 N–H and O–H groups in total. The first-order valence-corrected chi connectivity index (χ1v) is 6.82. The monoisotopic (exact) mass is 290 g/mol. The highest BCUT2D eigenvalue weighted by Crippen LogP contribution is 2.27. The minimum absolute atomic E-state index is 0.629. The molecule has 0 bridgehead atoms. The molecule has 0 aliphatic heterocycles. The lowest BCUT2D eigenvalue weighted by molar-refractivity contribution is 0.410. The summed E-state index contributed by atoms with van der Waals surface area (Å²) in [5.74, 6) is 0.801. The van der Waals surface area contributed by atoms with Crippen molar-refractivity contribution in [2.45, 2.75) is 6.54 Å². The molecule has 0 aromatic heterocycles. The summed E-state index contributed by atoms with van der Waals surface area (Å²) in [6, 6.07) is 13.9. The lowest BCUT2D eigenvalue weighted by Crippen LogP contribution is -2.08. The Balaban J connectivity index is 2.09. The van der Waals surface area contributed by atoms with Crippen LogP contribution in [0.2, 0.25) is 5.02 Å². The summed E-state index contributed by atoms with van der Waals surface area (Å²) in [5.41, 5.74) is 3.19. The second kappa shape index (κ2) is 6.53. The summed E-state index contributed by atoms with van der Waals surface area (Å²) < 4.78 is 5.33. The third-order valence-corrected chi connectivity index (χ3v) is 3.50. The number of halogens is 1. The molecular formula is C16H19ClN2O. The maximum absolute atomic E-state index is 6.21. The Morgan fingerprint density at radius 1 is 1.10 bits per heavy atom. The highest BCUT2D eigenvalue weighted by molar-refractivity contribution is 6.31. The smallest absolute Gasteiger partial charge is 0.125 e. The number of benzene rings is 2. The average Bonchev–Trinajstić information content (AvgIpc) is 2.46. The van der Waals surface area contributed by atoms with Gasteiger partial charge in [0.2, 0.25) is 0 Å². The fourth-order valence-corrected chi connectivity index (χ4v) is 2.20. The van der Waals surface area contributed by atoms with Crippen molar-refractivity contribution in [1.82, 2.24) is 0 Å². The van der Waals surface area contributed by atoms with Gasteiger partial charge in [0.15, 0.2) is 0 Å². The van der Waals surface area contributed by atoms with Gasteiger partial charge in [0, 0.05) is 42.6 Å². The van der Waals surface area contributed by atoms with Crippen molar-refractivity contribution in [1.29, 1.82) is 0 Å². The molecule has 2 aromatic rings. The van der Waals surface area contributed by atoms with Crippen LogP contribution >= 0.6 is 11.6 Å². The van der Waals surface area contributed by atoms with Gasteiger partial charge in [-0.05, 0) is 36.4 Å². The van der Waals surface area contributed by atoms with Crippen LogP contribution in [0.3, 0.4) is 0 Å². The van der Waals surface area contributed by atoms with E-state index in [9.17, 15) is 0 Å². The summed E-state index contributed by atoms with van der Waals surface area (Å²) in [6.45, 7) is 0.629. The summed E-state index contributed by atoms with van der Waals surface area (Å²) in [7, 11) is 5.70. The maximum atomic E-state index is 6.21. The van der Waals surface area contributed by atoms with E-state index in [1.807, 2.05) is 32.3 Å². The van der Waals surface area contributed by atoms with Crippen molar-refractivity contribution in [3.05, 3.63) is 53.1 Å². The van der Waals surface area contributed by atoms with Crippen LogP contribution < -0.4 is 15.0 Å². The SMILES string of the molecule is COc1cccc(Cl)c1CNc1ccc(N(C)C)cc1. The number of nitrogens with one attached hydrogen (secondary N) is 1. The van der Waals surface area contributed by atoms with E-state index in [1.165, 1.54) is 5.69 Å². The minimum atomic E-state index is 0.629. The van der Waals surface area contributed by atoms with E-state index in [0.717, 1.165) is 17.0 Å². The topological polar surface area (TPSA) is 24.5 Å². The first-order valence-electron chi connectivity index (χ1n) is 6.44. The first-order chi connectivity index (χ1) is 9.61. The molecule has 0 fully saturated rings. The van der Waals surface area contributed by atoms with Crippen LogP contribution in [0, 0.1) is 0 Å². The molecule has 0 aliphatic carbocycles. The van der Waals surface area contributed by atoms with Gasteiger partial charge in [-0.25, -0.2) is 0 Å². The second-order valence-electron chi connectivity index (χ2n) is 4.72. The van der Waals surface area contributed by atoms with Crippen LogP contribution in [0.4, 0.5) is 11.4 Å². The maximum Gasteiger partial charge on any atom is 0.125 e. The Hall–Kier alpha value is -1.87. The molecule has 20 heavy (non-hydrogen) atoms. The van der Waals surface area contributed by atoms with E-state index in [1.54, 1.807) is 7.11 Å². The van der Waals surface area contributed by atoms with Crippen molar-refractivity contribution >= 4 is 23.0 Å². The highest BCUT2D eigenvalue weighted by atomic mass is 35.5. The van der Waals surface area contributed by atoms with Gasteiger partial charge < -0.3 is 15.0 Å². The third kappa shape index (κ3) is 3.36. The van der Waals surface area contributed by atoms with Gasteiger partial charge in [0.05, 0.1) is 7.11 Å². The molecule has 2 aromatic carbocycles. The normalized spacial score (nSPS) is 10.2. The van der Waals surface area contributed by atoms with E-state index in [0.29, 0.717) is 11.6 Å². The number of rotatable bonds is 5. The average molecular weight is 291 g/mol. The van der Waals surface area contributed by atoms with Crippen molar-refractivity contribution in [2.24, 2.45) is 0 Å². The molecule has 0 saturated heterocycles. The summed E-state index contributed by atoms with van der Waals surface area (Å²) in [4.78, 5) is 2.07. The molecule has 0 spiro atoms. The van der Waals surface area contributed by atoms with Crippen molar-refractivity contribution < 1.29 is 4.74 Å². The van der Waals surface area contributed by atoms with Gasteiger partial charge in [0.25, 0.3) is 0 Å². The van der Waals surface area contributed by atoms with Gasteiger partial charge in [-0.2, -0.15) is 0 Å². The van der Waals surface area contributed by atoms with Gasteiger partial charge in [0.1, 0.15) is 5.75 Å². The van der Waals surface area contributed by atoms with Gasteiger partial charge in [-0.3, -0.25) is 0 Å². The van der Waals surface area contributed by atoms with Gasteiger partial charge in [-0.15, -0.1) is 0 Å². The lowest BCUT2D eigenvalue weighted by atomic mass is 10.2. The summed E-state index contributed by atoms with van der Waals surface area (Å²) >= 11 is 6.21. The number of anilines is 2. The number of hydrogen-bond acceptors (Lipinski definition) is 3. The Labute approximate surface area is 125 Å². The van der Waals surface area contributed by atoms with E-state index in [-0.39, 0.29) is 0 Å². The molecule has 4 heteroatoms. The van der Waals surface area contributed by atoms with E-state index < -0.39 is 0 Å². The van der Waals surface area contributed by atoms with Crippen LogP contribution in [0.25, 0.3) is 0 Å². The fourth-order valence-electron chi connectivity index (χ4n) is 1.97. The molecule has 106 valence electrons. The Morgan fingerprint density at radius 3 is 2.40 bits per heavy atom. The number of hydrogen-bond donors (Lipinski definition) is 1. The first kappa shape index (κ1) is 14.5. The number of methoxy groups -OCH3 is 1. The zero-order chi connectivity index (χ0) is 14.5. The third-order valence-electron chi connectivity index (χ3n) is 3.15. The van der Waals surface area contributed by atoms with Crippen molar-refractivity contribution in [2.75, 3.05) is 31.4 Å². The molecule has 2 rings (SSSR count). The van der Waals surface area contributed by atoms with E-state index in [4.69, 9.17) is 16.3 Å². The second-order valence-corrected chi connectivity index (χ2v) is 5.12. The Bertz CT molecular complexity index is 567. The predicted molar refractivity (Wildman–Crippen MR) is 86.1 cm³/mol. The zero-order valence-electron chi connectivity index (χ0n) is 12.0. The quantitative estimate of drug-likeness (QED) is 0.900. The summed E-state index contributed by atoms with van der Waals surface area (Å²) in [5, 5.41) is 4.07. The molecule has 0 amide bonds. The Morgan fingerprint density at radius 2 is 1.80 bits per heavy atom. The fraction of sp³-hybridized carbons (Fsp3) is 0.250. The van der Waals surface area contributed by atoms with Crippen LogP contribution in [-0.2, 0) is 6.54 Å². The molecule has 0 saturated carbocycles. The van der Waals surface area contributed by atoms with Crippen LogP contribution in [-0.4, -0.2) is 21.2 Å². The number of ether oxygens (including phenoxy) is 1. The largest absolute Gasteiger partial charge is 0.496 e. The van der Waals surface area contributed by atoms with E-state index >= 15 is 0 Å². The molecular weight excluding hydrogens is 272 g/mol. The number of nitrogens with zero attached hydrogens (tertiary/aromatic N) is 1. The molecule has 0 unspecified atom stereocenters. The molecule has 0 atom stereocenters. The van der Waals surface area contributed by atoms with Gasteiger partial charge in [-0.1, -0.05) is 17.7 Å². The van der Waals surface area contributed by atoms with E-state index in [2.05, 4.69) is 34.5 Å². The van der Waals surface area contributed by atoms with Gasteiger partial charge >= 0.3 is 0 Å². The molecule has 0 aliphatic rings. The van der Waals surface area contributed by atoms with Crippen LogP contribution in [0.5, 0.6) is 5.75 Å².